The average molecular weight is 175 g/mol. The Morgan fingerprint density at radius 3 is 2.77 bits per heavy atom. The second kappa shape index (κ2) is 4.28. The fourth-order valence-corrected chi connectivity index (χ4v) is 1.68. The van der Waals surface area contributed by atoms with Crippen LogP contribution in [0.25, 0.3) is 0 Å². The van der Waals surface area contributed by atoms with E-state index in [2.05, 4.69) is 34.9 Å². The highest BCUT2D eigenvalue weighted by molar-refractivity contribution is 5.43. The van der Waals surface area contributed by atoms with Gasteiger partial charge in [0.05, 0.1) is 0 Å². The Morgan fingerprint density at radius 1 is 1.23 bits per heavy atom. The topological polar surface area (TPSA) is 26.1 Å². The van der Waals surface area contributed by atoms with E-state index >= 15 is 0 Å². The van der Waals surface area contributed by atoms with Gasteiger partial charge in [-0.25, -0.2) is 5.32 Å². The monoisotopic (exact) mass is 175 g/mol. The van der Waals surface area contributed by atoms with Gasteiger partial charge in [0.1, 0.15) is 0 Å². The van der Waals surface area contributed by atoms with Crippen LogP contribution in [0.15, 0.2) is 30.3 Å². The zero-order valence-corrected chi connectivity index (χ0v) is 7.74. The van der Waals surface area contributed by atoms with E-state index < -0.39 is 0 Å². The lowest BCUT2D eigenvalue weighted by atomic mass is 10.1. The fourth-order valence-electron chi connectivity index (χ4n) is 1.68. The van der Waals surface area contributed by atoms with Gasteiger partial charge in [-0.1, -0.05) is 18.2 Å². The molecule has 0 aliphatic carbocycles. The van der Waals surface area contributed by atoms with Crippen molar-refractivity contribution in [1.29, 1.82) is 0 Å². The Balaban J connectivity index is 1.90. The summed E-state index contributed by atoms with van der Waals surface area (Å²) < 4.78 is 0. The van der Waals surface area contributed by atoms with E-state index in [0.717, 1.165) is 13.1 Å². The minimum absolute atomic E-state index is 0.552. The number of anilines is 1. The molecule has 2 nitrogen and oxygen atoms in total. The summed E-state index contributed by atoms with van der Waals surface area (Å²) in [6, 6.07) is 10.9. The number of hydrogen-bond donors (Lipinski definition) is 1. The second-order valence-electron chi connectivity index (χ2n) is 3.48. The second-order valence-corrected chi connectivity index (χ2v) is 3.48. The van der Waals surface area contributed by atoms with Crippen molar-refractivity contribution in [2.24, 2.45) is 0 Å². The minimum Gasteiger partial charge on any atom is -0.381 e. The Kier molecular flexibility index (Phi) is 2.82. The smallest absolute Gasteiger partial charge is 0.0403 e. The summed E-state index contributed by atoms with van der Waals surface area (Å²) in [5.74, 6) is 0. The van der Waals surface area contributed by atoms with Gasteiger partial charge in [0.25, 0.3) is 0 Å². The first-order valence-corrected chi connectivity index (χ1v) is 4.90. The number of para-hydroxylation sites is 1. The Labute approximate surface area is 79.4 Å². The zero-order chi connectivity index (χ0) is 8.93. The van der Waals surface area contributed by atoms with Gasteiger partial charge in [0.15, 0.2) is 0 Å². The van der Waals surface area contributed by atoms with Crippen LogP contribution >= 0.6 is 0 Å². The molecule has 0 spiro atoms. The predicted molar refractivity (Wildman–Crippen MR) is 55.0 cm³/mol. The van der Waals surface area contributed by atoms with Crippen molar-refractivity contribution in [3.05, 3.63) is 30.3 Å². The highest BCUT2D eigenvalue weighted by Gasteiger charge is 2.12. The molecule has 1 aromatic rings. The van der Waals surface area contributed by atoms with Gasteiger partial charge >= 0.3 is 0 Å². The summed E-state index contributed by atoms with van der Waals surface area (Å²) in [6.45, 7) is 2.02. The molecule has 0 saturated carbocycles. The molecule has 69 valence electrons. The van der Waals surface area contributed by atoms with Crippen LogP contribution in [0.2, 0.25) is 0 Å². The number of benzene rings is 1. The van der Waals surface area contributed by atoms with Crippen LogP contribution in [0.5, 0.6) is 0 Å². The zero-order valence-electron chi connectivity index (χ0n) is 7.74. The third-order valence-corrected chi connectivity index (χ3v) is 2.36. The molecule has 1 fully saturated rings. The first kappa shape index (κ1) is 8.57. The van der Waals surface area contributed by atoms with E-state index in [1.807, 2.05) is 6.07 Å². The molecule has 1 N–H and O–H groups in total. The lowest BCUT2D eigenvalue weighted by molar-refractivity contribution is 0.472. The van der Waals surface area contributed by atoms with Gasteiger partial charge in [-0.15, -0.1) is 0 Å². The molecule has 0 amide bonds. The molecular weight excluding hydrogens is 160 g/mol. The van der Waals surface area contributed by atoms with Crippen molar-refractivity contribution in [2.45, 2.75) is 18.9 Å². The quantitative estimate of drug-likeness (QED) is 0.729. The van der Waals surface area contributed by atoms with Gasteiger partial charge in [-0.05, 0) is 25.0 Å². The standard InChI is InChI=1S/C11H15N2/c1-2-5-10(6-3-1)13-11-7-4-8-12-9-11/h1-3,5-6,11,13H,4,7-9H2. The van der Waals surface area contributed by atoms with Crippen molar-refractivity contribution in [3.63, 3.8) is 0 Å². The van der Waals surface area contributed by atoms with E-state index in [0.29, 0.717) is 6.04 Å². The van der Waals surface area contributed by atoms with E-state index in [1.165, 1.54) is 18.5 Å². The van der Waals surface area contributed by atoms with Crippen molar-refractivity contribution < 1.29 is 0 Å². The number of piperidine rings is 1. The highest BCUT2D eigenvalue weighted by atomic mass is 15.0. The minimum atomic E-state index is 0.552. The molecule has 1 heterocycles. The third-order valence-electron chi connectivity index (χ3n) is 2.36. The van der Waals surface area contributed by atoms with E-state index in [1.54, 1.807) is 0 Å². The SMILES string of the molecule is c1ccc(NC2CCC[N]C2)cc1. The van der Waals surface area contributed by atoms with Crippen LogP contribution < -0.4 is 10.6 Å². The predicted octanol–water partition coefficient (Wildman–Crippen LogP) is 1.87. The van der Waals surface area contributed by atoms with Crippen LogP contribution in [0.4, 0.5) is 5.69 Å². The van der Waals surface area contributed by atoms with Gasteiger partial charge in [-0.2, -0.15) is 0 Å². The average Bonchev–Trinajstić information content (AvgIpc) is 2.21. The Bertz CT molecular complexity index is 240. The maximum absolute atomic E-state index is 4.39. The maximum Gasteiger partial charge on any atom is 0.0403 e. The molecule has 2 rings (SSSR count). The maximum atomic E-state index is 4.39. The van der Waals surface area contributed by atoms with Gasteiger partial charge < -0.3 is 5.32 Å². The van der Waals surface area contributed by atoms with Gasteiger partial charge in [0, 0.05) is 24.8 Å². The molecule has 1 atom stereocenters. The lowest BCUT2D eigenvalue weighted by Gasteiger charge is -2.23. The molecule has 1 radical (unpaired) electrons. The van der Waals surface area contributed by atoms with Crippen molar-refractivity contribution >= 4 is 5.69 Å². The summed E-state index contributed by atoms with van der Waals surface area (Å²) in [5, 5.41) is 7.88. The van der Waals surface area contributed by atoms with Crippen molar-refractivity contribution in [1.82, 2.24) is 5.32 Å². The molecule has 1 aromatic carbocycles. The third kappa shape index (κ3) is 2.46. The van der Waals surface area contributed by atoms with Crippen molar-refractivity contribution in [3.8, 4) is 0 Å². The molecule has 1 aliphatic rings. The van der Waals surface area contributed by atoms with Crippen molar-refractivity contribution in [2.75, 3.05) is 18.4 Å². The molecular formula is C11H15N2. The van der Waals surface area contributed by atoms with Gasteiger partial charge in [0.2, 0.25) is 0 Å². The molecule has 1 saturated heterocycles. The number of nitrogens with zero attached hydrogens (tertiary/aromatic N) is 1. The Hall–Kier alpha value is -1.02. The summed E-state index contributed by atoms with van der Waals surface area (Å²) in [4.78, 5) is 0. The first-order valence-electron chi connectivity index (χ1n) is 4.90. The fraction of sp³-hybridized carbons (Fsp3) is 0.455. The number of nitrogens with one attached hydrogen (secondary N) is 1. The lowest BCUT2D eigenvalue weighted by Crippen LogP contribution is -2.34. The summed E-state index contributed by atoms with van der Waals surface area (Å²) in [7, 11) is 0. The number of rotatable bonds is 2. The van der Waals surface area contributed by atoms with Crippen LogP contribution in [0.1, 0.15) is 12.8 Å². The van der Waals surface area contributed by atoms with Gasteiger partial charge in [-0.3, -0.25) is 0 Å². The summed E-state index contributed by atoms with van der Waals surface area (Å²) >= 11 is 0. The molecule has 1 unspecified atom stereocenters. The summed E-state index contributed by atoms with van der Waals surface area (Å²) in [6.07, 6.45) is 2.48. The van der Waals surface area contributed by atoms with E-state index in [-0.39, 0.29) is 0 Å². The largest absolute Gasteiger partial charge is 0.381 e. The van der Waals surface area contributed by atoms with Crippen LogP contribution in [0.3, 0.4) is 0 Å². The van der Waals surface area contributed by atoms with Crippen LogP contribution in [0, 0.1) is 0 Å². The van der Waals surface area contributed by atoms with E-state index in [4.69, 9.17) is 0 Å². The molecule has 13 heavy (non-hydrogen) atoms. The number of hydrogen-bond acceptors (Lipinski definition) is 1. The van der Waals surface area contributed by atoms with Crippen LogP contribution in [-0.2, 0) is 0 Å². The van der Waals surface area contributed by atoms with E-state index in [9.17, 15) is 0 Å². The molecule has 1 aliphatic heterocycles. The normalized spacial score (nSPS) is 22.6. The molecule has 2 heteroatoms. The Morgan fingerprint density at radius 2 is 2.08 bits per heavy atom. The first-order chi connectivity index (χ1) is 6.45. The van der Waals surface area contributed by atoms with Crippen LogP contribution in [-0.4, -0.2) is 19.1 Å². The molecule has 0 aromatic heterocycles. The summed E-state index contributed by atoms with van der Waals surface area (Å²) in [5.41, 5.74) is 1.21. The molecule has 0 bridgehead atoms. The highest BCUT2D eigenvalue weighted by Crippen LogP contribution is 2.11.